The van der Waals surface area contributed by atoms with Crippen molar-refractivity contribution in [2.75, 3.05) is 46.5 Å². The van der Waals surface area contributed by atoms with Gasteiger partial charge in [0.25, 0.3) is 0 Å². The molecule has 22 heavy (non-hydrogen) atoms. The summed E-state index contributed by atoms with van der Waals surface area (Å²) in [7, 11) is 1.88. The lowest BCUT2D eigenvalue weighted by Gasteiger charge is -2.26. The summed E-state index contributed by atoms with van der Waals surface area (Å²) in [4.78, 5) is 6.85. The van der Waals surface area contributed by atoms with Crippen LogP contribution in [0.25, 0.3) is 0 Å². The van der Waals surface area contributed by atoms with E-state index in [0.717, 1.165) is 51.8 Å². The maximum Gasteiger partial charge on any atom is 0.193 e. The van der Waals surface area contributed by atoms with Crippen molar-refractivity contribution in [3.05, 3.63) is 0 Å². The smallest absolute Gasteiger partial charge is 0.193 e. The van der Waals surface area contributed by atoms with Crippen LogP contribution in [0.3, 0.4) is 0 Å². The van der Waals surface area contributed by atoms with Gasteiger partial charge in [0, 0.05) is 45.3 Å². The van der Waals surface area contributed by atoms with Crippen molar-refractivity contribution in [2.45, 2.75) is 46.1 Å². The number of nitrogens with zero attached hydrogens (tertiary/aromatic N) is 2. The highest BCUT2D eigenvalue weighted by atomic mass is 16.5. The van der Waals surface area contributed by atoms with Crippen LogP contribution in [0.15, 0.2) is 4.99 Å². The second-order valence-electron chi connectivity index (χ2n) is 6.97. The van der Waals surface area contributed by atoms with Gasteiger partial charge in [-0.3, -0.25) is 4.99 Å². The Kier molecular flexibility index (Phi) is 6.50. The Hall–Kier alpha value is -0.810. The quantitative estimate of drug-likeness (QED) is 0.603. The van der Waals surface area contributed by atoms with Crippen LogP contribution in [0.4, 0.5) is 0 Å². The van der Waals surface area contributed by atoms with Crippen molar-refractivity contribution < 1.29 is 9.47 Å². The third kappa shape index (κ3) is 4.35. The van der Waals surface area contributed by atoms with E-state index >= 15 is 0 Å². The molecule has 0 aromatic carbocycles. The van der Waals surface area contributed by atoms with E-state index in [2.05, 4.69) is 36.0 Å². The SMILES string of the molecule is CCOC(CCNC(=NC)N1CCC2(CCOC2)C1)C(C)C. The van der Waals surface area contributed by atoms with E-state index in [0.29, 0.717) is 17.4 Å². The van der Waals surface area contributed by atoms with Crippen molar-refractivity contribution >= 4 is 5.96 Å². The molecular weight excluding hydrogens is 278 g/mol. The lowest BCUT2D eigenvalue weighted by molar-refractivity contribution is 0.0257. The molecule has 128 valence electrons. The van der Waals surface area contributed by atoms with Gasteiger partial charge in [-0.25, -0.2) is 0 Å². The van der Waals surface area contributed by atoms with E-state index in [4.69, 9.17) is 9.47 Å². The van der Waals surface area contributed by atoms with Gasteiger partial charge in [-0.1, -0.05) is 13.8 Å². The first-order valence-corrected chi connectivity index (χ1v) is 8.75. The maximum absolute atomic E-state index is 5.81. The molecule has 2 heterocycles. The molecule has 2 aliphatic rings. The average Bonchev–Trinajstić information content (AvgIpc) is 3.13. The summed E-state index contributed by atoms with van der Waals surface area (Å²) >= 11 is 0. The predicted molar refractivity (Wildman–Crippen MR) is 90.3 cm³/mol. The molecule has 5 heteroatoms. The molecule has 0 saturated carbocycles. The highest BCUT2D eigenvalue weighted by molar-refractivity contribution is 5.80. The number of guanidine groups is 1. The van der Waals surface area contributed by atoms with Gasteiger partial charge >= 0.3 is 0 Å². The molecule has 0 aromatic rings. The largest absolute Gasteiger partial charge is 0.381 e. The summed E-state index contributed by atoms with van der Waals surface area (Å²) in [5.74, 6) is 1.58. The third-order valence-corrected chi connectivity index (χ3v) is 4.97. The molecule has 0 aliphatic carbocycles. The molecule has 2 atom stereocenters. The van der Waals surface area contributed by atoms with Gasteiger partial charge in [0.15, 0.2) is 5.96 Å². The van der Waals surface area contributed by atoms with Crippen LogP contribution >= 0.6 is 0 Å². The Morgan fingerprint density at radius 2 is 2.23 bits per heavy atom. The van der Waals surface area contributed by atoms with Gasteiger partial charge in [-0.2, -0.15) is 0 Å². The van der Waals surface area contributed by atoms with Crippen molar-refractivity contribution in [1.82, 2.24) is 10.2 Å². The van der Waals surface area contributed by atoms with Crippen LogP contribution < -0.4 is 5.32 Å². The lowest BCUT2D eigenvalue weighted by Crippen LogP contribution is -2.42. The van der Waals surface area contributed by atoms with E-state index in [9.17, 15) is 0 Å². The van der Waals surface area contributed by atoms with Crippen molar-refractivity contribution in [3.63, 3.8) is 0 Å². The zero-order valence-corrected chi connectivity index (χ0v) is 14.7. The molecule has 1 N–H and O–H groups in total. The minimum absolute atomic E-state index is 0.323. The van der Waals surface area contributed by atoms with Gasteiger partial charge in [0.1, 0.15) is 0 Å². The average molecular weight is 311 g/mol. The highest BCUT2D eigenvalue weighted by Gasteiger charge is 2.42. The Morgan fingerprint density at radius 3 is 2.82 bits per heavy atom. The predicted octanol–water partition coefficient (Wildman–Crippen LogP) is 2.13. The topological polar surface area (TPSA) is 46.1 Å². The molecule has 2 aliphatic heterocycles. The molecule has 0 bridgehead atoms. The molecule has 0 amide bonds. The Balaban J connectivity index is 1.78. The van der Waals surface area contributed by atoms with Gasteiger partial charge < -0.3 is 19.7 Å². The van der Waals surface area contributed by atoms with Gasteiger partial charge in [-0.05, 0) is 32.1 Å². The van der Waals surface area contributed by atoms with E-state index in [1.54, 1.807) is 0 Å². The Morgan fingerprint density at radius 1 is 1.41 bits per heavy atom. The van der Waals surface area contributed by atoms with E-state index in [-0.39, 0.29) is 0 Å². The van der Waals surface area contributed by atoms with Crippen molar-refractivity contribution in [1.29, 1.82) is 0 Å². The summed E-state index contributed by atoms with van der Waals surface area (Å²) in [6.07, 6.45) is 3.76. The van der Waals surface area contributed by atoms with Crippen molar-refractivity contribution in [2.24, 2.45) is 16.3 Å². The Labute approximate surface area is 135 Å². The number of likely N-dealkylation sites (tertiary alicyclic amines) is 1. The molecule has 2 unspecified atom stereocenters. The summed E-state index contributed by atoms with van der Waals surface area (Å²) < 4.78 is 11.4. The Bertz CT molecular complexity index is 365. The van der Waals surface area contributed by atoms with Crippen LogP contribution in [0.2, 0.25) is 0 Å². The van der Waals surface area contributed by atoms with Crippen LogP contribution in [0.1, 0.15) is 40.0 Å². The van der Waals surface area contributed by atoms with Crippen LogP contribution in [0, 0.1) is 11.3 Å². The monoisotopic (exact) mass is 311 g/mol. The fraction of sp³-hybridized carbons (Fsp3) is 0.941. The first-order valence-electron chi connectivity index (χ1n) is 8.75. The molecule has 5 nitrogen and oxygen atoms in total. The minimum Gasteiger partial charge on any atom is -0.381 e. The lowest BCUT2D eigenvalue weighted by atomic mass is 9.87. The van der Waals surface area contributed by atoms with Gasteiger partial charge in [0.2, 0.25) is 0 Å². The van der Waals surface area contributed by atoms with Crippen LogP contribution in [-0.2, 0) is 9.47 Å². The summed E-state index contributed by atoms with van der Waals surface area (Å²) in [6, 6.07) is 0. The zero-order valence-electron chi connectivity index (χ0n) is 14.7. The minimum atomic E-state index is 0.323. The number of aliphatic imine (C=N–C) groups is 1. The van der Waals surface area contributed by atoms with E-state index < -0.39 is 0 Å². The fourth-order valence-corrected chi connectivity index (χ4v) is 3.57. The number of hydrogen-bond donors (Lipinski definition) is 1. The van der Waals surface area contributed by atoms with Gasteiger partial charge in [-0.15, -0.1) is 0 Å². The second kappa shape index (κ2) is 8.16. The number of ether oxygens (including phenoxy) is 2. The van der Waals surface area contributed by atoms with E-state index in [1.807, 2.05) is 7.05 Å². The normalized spacial score (nSPS) is 27.1. The van der Waals surface area contributed by atoms with Crippen molar-refractivity contribution in [3.8, 4) is 0 Å². The summed E-state index contributed by atoms with van der Waals surface area (Å²) in [5.41, 5.74) is 0.378. The molecule has 2 fully saturated rings. The van der Waals surface area contributed by atoms with Gasteiger partial charge in [0.05, 0.1) is 12.7 Å². The van der Waals surface area contributed by atoms with E-state index in [1.165, 1.54) is 12.8 Å². The molecule has 0 aromatic heterocycles. The highest BCUT2D eigenvalue weighted by Crippen LogP contribution is 2.38. The first kappa shape index (κ1) is 17.5. The third-order valence-electron chi connectivity index (χ3n) is 4.97. The molecule has 2 rings (SSSR count). The number of hydrogen-bond acceptors (Lipinski definition) is 3. The fourth-order valence-electron chi connectivity index (χ4n) is 3.57. The second-order valence-corrected chi connectivity index (χ2v) is 6.97. The summed E-state index contributed by atoms with van der Waals surface area (Å²) in [6.45, 7) is 12.2. The molecule has 1 spiro atoms. The molecule has 0 radical (unpaired) electrons. The number of rotatable bonds is 6. The summed E-state index contributed by atoms with van der Waals surface area (Å²) in [5, 5.41) is 3.52. The maximum atomic E-state index is 5.81. The molecule has 2 saturated heterocycles. The van der Waals surface area contributed by atoms with Crippen LogP contribution in [-0.4, -0.2) is 63.5 Å². The first-order chi connectivity index (χ1) is 10.6. The standard InChI is InChI=1S/C17H33N3O2/c1-5-22-15(14(2)3)6-9-19-16(18-4)20-10-7-17(12-20)8-11-21-13-17/h14-15H,5-13H2,1-4H3,(H,18,19). The zero-order chi connectivity index (χ0) is 16.0. The molecular formula is C17H33N3O2. The van der Waals surface area contributed by atoms with Crippen LogP contribution in [0.5, 0.6) is 0 Å². The number of nitrogens with one attached hydrogen (secondary N) is 1.